The number of nitrogens with zero attached hydrogens (tertiary/aromatic N) is 2. The molecule has 0 radical (unpaired) electrons. The van der Waals surface area contributed by atoms with Crippen molar-refractivity contribution >= 4 is 16.7 Å². The highest BCUT2D eigenvalue weighted by Gasteiger charge is 2.32. The normalized spacial score (nSPS) is 20.3. The molecule has 1 fully saturated rings. The number of aliphatic hydroxyl groups is 1. The Kier molecular flexibility index (Phi) is 4.43. The Hall–Kier alpha value is -2.72. The smallest absolute Gasteiger partial charge is 0.272 e. The van der Waals surface area contributed by atoms with Crippen molar-refractivity contribution in [3.05, 3.63) is 77.6 Å². The monoisotopic (exact) mass is 346 g/mol. The summed E-state index contributed by atoms with van der Waals surface area (Å²) in [6, 6.07) is 20.0. The van der Waals surface area contributed by atoms with Gasteiger partial charge < -0.3 is 10.0 Å². The van der Waals surface area contributed by atoms with Gasteiger partial charge in [0.1, 0.15) is 5.69 Å². The third-order valence-electron chi connectivity index (χ3n) is 5.18. The van der Waals surface area contributed by atoms with E-state index in [0.29, 0.717) is 18.8 Å². The zero-order valence-electron chi connectivity index (χ0n) is 14.8. The maximum atomic E-state index is 12.7. The van der Waals surface area contributed by atoms with Crippen LogP contribution in [0, 0.1) is 6.92 Å². The average molecular weight is 346 g/mol. The number of rotatable bonds is 2. The summed E-state index contributed by atoms with van der Waals surface area (Å²) < 4.78 is 0. The van der Waals surface area contributed by atoms with Crippen molar-refractivity contribution in [1.82, 2.24) is 9.88 Å². The van der Waals surface area contributed by atoms with Gasteiger partial charge in [0, 0.05) is 24.7 Å². The number of hydrogen-bond donors (Lipinski definition) is 1. The summed E-state index contributed by atoms with van der Waals surface area (Å²) in [6.45, 7) is 2.84. The van der Waals surface area contributed by atoms with Gasteiger partial charge in [0.2, 0.25) is 0 Å². The second kappa shape index (κ2) is 6.89. The molecule has 1 aliphatic rings. The van der Waals surface area contributed by atoms with E-state index in [4.69, 9.17) is 0 Å². The number of amides is 1. The molecule has 3 aromatic rings. The molecule has 0 saturated carbocycles. The van der Waals surface area contributed by atoms with Gasteiger partial charge in [0.25, 0.3) is 5.91 Å². The Morgan fingerprint density at radius 2 is 1.88 bits per heavy atom. The van der Waals surface area contributed by atoms with Crippen LogP contribution in [0.1, 0.15) is 34.1 Å². The van der Waals surface area contributed by atoms with Crippen LogP contribution in [0.3, 0.4) is 0 Å². The van der Waals surface area contributed by atoms with Gasteiger partial charge in [-0.3, -0.25) is 4.79 Å². The first-order valence-corrected chi connectivity index (χ1v) is 9.01. The van der Waals surface area contributed by atoms with Crippen LogP contribution in [0.4, 0.5) is 0 Å². The molecule has 4 heteroatoms. The van der Waals surface area contributed by atoms with Gasteiger partial charge in [-0.05, 0) is 41.8 Å². The molecule has 1 N–H and O–H groups in total. The van der Waals surface area contributed by atoms with E-state index in [1.165, 1.54) is 10.8 Å². The summed E-state index contributed by atoms with van der Waals surface area (Å²) in [4.78, 5) is 18.7. The summed E-state index contributed by atoms with van der Waals surface area (Å²) >= 11 is 0. The zero-order chi connectivity index (χ0) is 18.1. The maximum Gasteiger partial charge on any atom is 0.272 e. The van der Waals surface area contributed by atoms with Crippen LogP contribution < -0.4 is 0 Å². The molecule has 1 aromatic heterocycles. The van der Waals surface area contributed by atoms with Crippen LogP contribution in [0.5, 0.6) is 0 Å². The molecule has 4 nitrogen and oxygen atoms in total. The summed E-state index contributed by atoms with van der Waals surface area (Å²) in [5.41, 5.74) is 2.40. The van der Waals surface area contributed by atoms with E-state index in [1.807, 2.05) is 31.2 Å². The largest absolute Gasteiger partial charge is 0.391 e. The first-order valence-electron chi connectivity index (χ1n) is 9.01. The molecule has 1 aliphatic heterocycles. The predicted molar refractivity (Wildman–Crippen MR) is 102 cm³/mol. The first-order chi connectivity index (χ1) is 12.6. The number of hydrogen-bond acceptors (Lipinski definition) is 3. The lowest BCUT2D eigenvalue weighted by Gasteiger charge is -2.36. The number of pyridine rings is 1. The van der Waals surface area contributed by atoms with Crippen molar-refractivity contribution in [1.29, 1.82) is 0 Å². The lowest BCUT2D eigenvalue weighted by Crippen LogP contribution is -2.46. The first kappa shape index (κ1) is 16.7. The van der Waals surface area contributed by atoms with Crippen molar-refractivity contribution in [3.63, 3.8) is 0 Å². The molecule has 0 unspecified atom stereocenters. The number of carbonyl (C=O) groups is 1. The van der Waals surface area contributed by atoms with Gasteiger partial charge in [-0.1, -0.05) is 48.5 Å². The second-order valence-corrected chi connectivity index (χ2v) is 6.98. The molecule has 4 rings (SSSR count). The highest BCUT2D eigenvalue weighted by molar-refractivity contribution is 5.92. The Morgan fingerprint density at radius 3 is 2.65 bits per heavy atom. The van der Waals surface area contributed by atoms with Crippen LogP contribution in [0.25, 0.3) is 10.8 Å². The molecule has 2 aromatic carbocycles. The SMILES string of the molecule is Cc1cccc(C(=O)N2CC[C@@H](c3ccc4ccccc4c3)[C@H](O)C2)n1. The van der Waals surface area contributed by atoms with Crippen LogP contribution in [0.15, 0.2) is 60.7 Å². The van der Waals surface area contributed by atoms with Crippen molar-refractivity contribution in [2.75, 3.05) is 13.1 Å². The van der Waals surface area contributed by atoms with E-state index >= 15 is 0 Å². The van der Waals surface area contributed by atoms with Crippen molar-refractivity contribution in [3.8, 4) is 0 Å². The van der Waals surface area contributed by atoms with Crippen molar-refractivity contribution in [2.45, 2.75) is 25.4 Å². The number of β-amino-alcohol motifs (C(OH)–C–C–N with tert-alkyl or cyclic N) is 1. The van der Waals surface area contributed by atoms with Crippen LogP contribution in [-0.4, -0.2) is 40.1 Å². The summed E-state index contributed by atoms with van der Waals surface area (Å²) in [7, 11) is 0. The van der Waals surface area contributed by atoms with Crippen molar-refractivity contribution < 1.29 is 9.90 Å². The molecule has 1 amide bonds. The molecule has 0 spiro atoms. The molecule has 26 heavy (non-hydrogen) atoms. The molecular weight excluding hydrogens is 324 g/mol. The third kappa shape index (κ3) is 3.20. The van der Waals surface area contributed by atoms with E-state index in [9.17, 15) is 9.90 Å². The fourth-order valence-corrected chi connectivity index (χ4v) is 3.77. The number of carbonyl (C=O) groups excluding carboxylic acids is 1. The topological polar surface area (TPSA) is 53.4 Å². The number of likely N-dealkylation sites (tertiary alicyclic amines) is 1. The molecule has 1 saturated heterocycles. The highest BCUT2D eigenvalue weighted by atomic mass is 16.3. The number of aliphatic hydroxyl groups excluding tert-OH is 1. The van der Waals surface area contributed by atoms with Crippen LogP contribution in [0.2, 0.25) is 0 Å². The van der Waals surface area contributed by atoms with E-state index in [1.54, 1.807) is 11.0 Å². The lowest BCUT2D eigenvalue weighted by atomic mass is 9.86. The minimum absolute atomic E-state index is 0.0501. The molecule has 2 atom stereocenters. The van der Waals surface area contributed by atoms with Crippen LogP contribution >= 0.6 is 0 Å². The minimum atomic E-state index is -0.571. The molecular formula is C22H22N2O2. The summed E-state index contributed by atoms with van der Waals surface area (Å²) in [6.07, 6.45) is 0.176. The summed E-state index contributed by atoms with van der Waals surface area (Å²) in [5.74, 6) is -0.0566. The van der Waals surface area contributed by atoms with Gasteiger partial charge in [0.15, 0.2) is 0 Å². The second-order valence-electron chi connectivity index (χ2n) is 6.98. The average Bonchev–Trinajstić information content (AvgIpc) is 2.67. The molecule has 132 valence electrons. The Bertz CT molecular complexity index is 954. The standard InChI is InChI=1S/C22H22N2O2/c1-15-5-4-8-20(23-15)22(26)24-12-11-19(21(25)14-24)18-10-9-16-6-2-3-7-17(16)13-18/h2-10,13,19,21,25H,11-12,14H2,1H3/t19-,21+/m0/s1. The molecule has 2 heterocycles. The van der Waals surface area contributed by atoms with Crippen molar-refractivity contribution in [2.24, 2.45) is 0 Å². The number of aryl methyl sites for hydroxylation is 1. The fraction of sp³-hybridized carbons (Fsp3) is 0.273. The number of aromatic nitrogens is 1. The van der Waals surface area contributed by atoms with Gasteiger partial charge in [-0.25, -0.2) is 4.98 Å². The number of benzene rings is 2. The van der Waals surface area contributed by atoms with E-state index in [-0.39, 0.29) is 11.8 Å². The predicted octanol–water partition coefficient (Wildman–Crippen LogP) is 3.53. The Labute approximate surface area is 153 Å². The van der Waals surface area contributed by atoms with Crippen LogP contribution in [-0.2, 0) is 0 Å². The van der Waals surface area contributed by atoms with Gasteiger partial charge >= 0.3 is 0 Å². The van der Waals surface area contributed by atoms with E-state index < -0.39 is 6.10 Å². The van der Waals surface area contributed by atoms with Gasteiger partial charge in [-0.15, -0.1) is 0 Å². The third-order valence-corrected chi connectivity index (χ3v) is 5.18. The number of fused-ring (bicyclic) bond motifs is 1. The number of piperidine rings is 1. The summed E-state index contributed by atoms with van der Waals surface area (Å²) in [5, 5.41) is 13.1. The molecule has 0 aliphatic carbocycles. The lowest BCUT2D eigenvalue weighted by molar-refractivity contribution is 0.0378. The van der Waals surface area contributed by atoms with Gasteiger partial charge in [-0.2, -0.15) is 0 Å². The van der Waals surface area contributed by atoms with E-state index in [2.05, 4.69) is 35.3 Å². The zero-order valence-corrected chi connectivity index (χ0v) is 14.8. The Balaban J connectivity index is 1.51. The Morgan fingerprint density at radius 1 is 1.08 bits per heavy atom. The minimum Gasteiger partial charge on any atom is -0.391 e. The molecule has 0 bridgehead atoms. The van der Waals surface area contributed by atoms with E-state index in [0.717, 1.165) is 17.7 Å². The quantitative estimate of drug-likeness (QED) is 0.772. The maximum absolute atomic E-state index is 12.7. The highest BCUT2D eigenvalue weighted by Crippen LogP contribution is 2.31. The fourth-order valence-electron chi connectivity index (χ4n) is 3.77. The van der Waals surface area contributed by atoms with Gasteiger partial charge in [0.05, 0.1) is 6.10 Å².